The lowest BCUT2D eigenvalue weighted by Crippen LogP contribution is -2.39. The summed E-state index contributed by atoms with van der Waals surface area (Å²) >= 11 is 0. The number of aryl methyl sites for hydroxylation is 1. The third-order valence-corrected chi connectivity index (χ3v) is 4.38. The molecule has 1 aliphatic rings. The molecule has 23 heavy (non-hydrogen) atoms. The zero-order valence-corrected chi connectivity index (χ0v) is 13.0. The number of amides is 1. The van der Waals surface area contributed by atoms with E-state index in [0.29, 0.717) is 0 Å². The number of nitrogens with zero attached hydrogens (tertiary/aromatic N) is 2. The van der Waals surface area contributed by atoms with Gasteiger partial charge in [0.05, 0.1) is 6.04 Å². The molecule has 0 saturated carbocycles. The Bertz CT molecular complexity index is 837. The van der Waals surface area contributed by atoms with Crippen molar-refractivity contribution in [1.82, 2.24) is 14.7 Å². The smallest absolute Gasteiger partial charge is 0.265 e. The highest BCUT2D eigenvalue weighted by Crippen LogP contribution is 2.33. The predicted molar refractivity (Wildman–Crippen MR) is 86.2 cm³/mol. The zero-order valence-electron chi connectivity index (χ0n) is 13.0. The molecule has 0 bridgehead atoms. The van der Waals surface area contributed by atoms with Crippen LogP contribution < -0.4 is 11.1 Å². The lowest BCUT2D eigenvalue weighted by molar-refractivity contribution is -0.133. The van der Waals surface area contributed by atoms with Crippen LogP contribution in [-0.4, -0.2) is 27.6 Å². The van der Waals surface area contributed by atoms with Crippen LogP contribution in [0.2, 0.25) is 0 Å². The molecule has 2 aromatic rings. The summed E-state index contributed by atoms with van der Waals surface area (Å²) in [5, 5.41) is 2.38. The highest BCUT2D eigenvalue weighted by atomic mass is 16.2. The molecule has 0 aliphatic heterocycles. The molecule has 1 aromatic heterocycles. The summed E-state index contributed by atoms with van der Waals surface area (Å²) in [5.41, 5.74) is 1.65. The van der Waals surface area contributed by atoms with Gasteiger partial charge in [0.1, 0.15) is 6.54 Å². The molecular weight excluding hydrogens is 294 g/mol. The molecule has 1 aliphatic carbocycles. The van der Waals surface area contributed by atoms with E-state index in [9.17, 15) is 14.4 Å². The van der Waals surface area contributed by atoms with Gasteiger partial charge in [-0.2, -0.15) is 0 Å². The summed E-state index contributed by atoms with van der Waals surface area (Å²) in [7, 11) is 1.75. The van der Waals surface area contributed by atoms with Gasteiger partial charge in [-0.1, -0.05) is 24.3 Å². The summed E-state index contributed by atoms with van der Waals surface area (Å²) in [6, 6.07) is 10.5. The monoisotopic (exact) mass is 313 g/mol. The Morgan fingerprint density at radius 1 is 1.26 bits per heavy atom. The largest absolute Gasteiger partial charge is 0.337 e. The van der Waals surface area contributed by atoms with E-state index in [1.165, 1.54) is 17.2 Å². The summed E-state index contributed by atoms with van der Waals surface area (Å²) in [4.78, 5) is 37.3. The molecule has 0 spiro atoms. The number of rotatable bonds is 3. The highest BCUT2D eigenvalue weighted by molar-refractivity contribution is 5.76. The summed E-state index contributed by atoms with van der Waals surface area (Å²) in [5.74, 6) is -0.198. The van der Waals surface area contributed by atoms with E-state index in [4.69, 9.17) is 0 Å². The van der Waals surface area contributed by atoms with Crippen molar-refractivity contribution in [2.24, 2.45) is 0 Å². The molecule has 1 atom stereocenters. The maximum Gasteiger partial charge on any atom is 0.265 e. The van der Waals surface area contributed by atoms with Crippen LogP contribution >= 0.6 is 0 Å². The number of nitrogens with one attached hydrogen (secondary N) is 1. The average Bonchev–Trinajstić information content (AvgIpc) is 2.57. The first-order valence-corrected chi connectivity index (χ1v) is 7.70. The summed E-state index contributed by atoms with van der Waals surface area (Å²) in [6.07, 6.45) is 2.96. The number of carbonyl (C=O) groups is 1. The van der Waals surface area contributed by atoms with Crippen LogP contribution in [0.3, 0.4) is 0 Å². The number of H-pyrrole nitrogens is 1. The van der Waals surface area contributed by atoms with E-state index in [2.05, 4.69) is 17.2 Å². The molecule has 120 valence electrons. The number of fused-ring (bicyclic) bond motifs is 1. The summed E-state index contributed by atoms with van der Waals surface area (Å²) < 4.78 is 1.05. The fraction of sp³-hybridized carbons (Fsp3) is 0.353. The van der Waals surface area contributed by atoms with Gasteiger partial charge in [0, 0.05) is 19.2 Å². The number of likely N-dealkylation sites (N-methyl/N-ethyl adjacent to an activating group) is 1. The number of aromatic nitrogens is 2. The van der Waals surface area contributed by atoms with Crippen LogP contribution in [0.25, 0.3) is 0 Å². The van der Waals surface area contributed by atoms with Gasteiger partial charge in [-0.15, -0.1) is 0 Å². The molecule has 1 heterocycles. The van der Waals surface area contributed by atoms with E-state index in [1.54, 1.807) is 11.9 Å². The molecule has 6 nitrogen and oxygen atoms in total. The zero-order chi connectivity index (χ0) is 16.4. The number of hydrogen-bond acceptors (Lipinski definition) is 3. The molecule has 0 saturated heterocycles. The number of benzene rings is 1. The van der Waals surface area contributed by atoms with Crippen molar-refractivity contribution >= 4 is 5.91 Å². The van der Waals surface area contributed by atoms with Gasteiger partial charge in [-0.3, -0.25) is 19.5 Å². The molecule has 1 unspecified atom stereocenters. The van der Waals surface area contributed by atoms with Crippen molar-refractivity contribution in [2.75, 3.05) is 7.05 Å². The quantitative estimate of drug-likeness (QED) is 0.921. The molecule has 3 rings (SSSR count). The Morgan fingerprint density at radius 2 is 2.04 bits per heavy atom. The van der Waals surface area contributed by atoms with Crippen LogP contribution in [0.1, 0.15) is 30.0 Å². The van der Waals surface area contributed by atoms with Crippen molar-refractivity contribution in [3.63, 3.8) is 0 Å². The van der Waals surface area contributed by atoms with Crippen LogP contribution in [0.15, 0.2) is 46.0 Å². The van der Waals surface area contributed by atoms with Crippen LogP contribution in [0, 0.1) is 0 Å². The van der Waals surface area contributed by atoms with Gasteiger partial charge >= 0.3 is 0 Å². The molecule has 0 fully saturated rings. The fourth-order valence-electron chi connectivity index (χ4n) is 3.13. The van der Waals surface area contributed by atoms with E-state index in [0.717, 1.165) is 30.0 Å². The Kier molecular flexibility index (Phi) is 4.14. The molecule has 1 aromatic carbocycles. The molecule has 6 heteroatoms. The first-order valence-electron chi connectivity index (χ1n) is 7.70. The Balaban J connectivity index is 1.82. The second-order valence-corrected chi connectivity index (χ2v) is 5.85. The molecule has 1 N–H and O–H groups in total. The first-order chi connectivity index (χ1) is 11.1. The van der Waals surface area contributed by atoms with Gasteiger partial charge < -0.3 is 4.90 Å². The topological polar surface area (TPSA) is 75.2 Å². The lowest BCUT2D eigenvalue weighted by Gasteiger charge is -2.33. The molecule has 1 amide bonds. The maximum atomic E-state index is 12.5. The summed E-state index contributed by atoms with van der Waals surface area (Å²) in [6.45, 7) is -0.163. The first kappa shape index (κ1) is 15.3. The second-order valence-electron chi connectivity index (χ2n) is 5.85. The third kappa shape index (κ3) is 3.11. The lowest BCUT2D eigenvalue weighted by atomic mass is 9.87. The number of aromatic amines is 1. The van der Waals surface area contributed by atoms with Crippen LogP contribution in [-0.2, 0) is 17.8 Å². The van der Waals surface area contributed by atoms with Crippen molar-refractivity contribution in [3.05, 3.63) is 68.2 Å². The second kappa shape index (κ2) is 6.24. The van der Waals surface area contributed by atoms with Gasteiger partial charge in [-0.05, 0) is 30.4 Å². The SMILES string of the molecule is CN(C(=O)Cn1[nH]c(=O)ccc1=O)C1CCCc2ccccc21. The van der Waals surface area contributed by atoms with Gasteiger partial charge in [0.2, 0.25) is 5.91 Å². The van der Waals surface area contributed by atoms with E-state index >= 15 is 0 Å². The Labute approximate surface area is 133 Å². The fourth-order valence-corrected chi connectivity index (χ4v) is 3.13. The standard InChI is InChI=1S/C17H19N3O3/c1-19(14-8-4-6-12-5-2-3-7-13(12)14)17(23)11-20-16(22)10-9-15(21)18-20/h2-3,5,7,9-10,14H,4,6,8,11H2,1H3,(H,18,21). The van der Waals surface area contributed by atoms with Crippen molar-refractivity contribution in [3.8, 4) is 0 Å². The van der Waals surface area contributed by atoms with Gasteiger partial charge in [-0.25, -0.2) is 4.68 Å². The normalized spacial score (nSPS) is 16.7. The average molecular weight is 313 g/mol. The van der Waals surface area contributed by atoms with Crippen LogP contribution in [0.4, 0.5) is 0 Å². The van der Waals surface area contributed by atoms with E-state index in [-0.39, 0.29) is 18.5 Å². The Hall–Kier alpha value is -2.63. The minimum atomic E-state index is -0.400. The minimum Gasteiger partial charge on any atom is -0.337 e. The highest BCUT2D eigenvalue weighted by Gasteiger charge is 2.26. The van der Waals surface area contributed by atoms with E-state index in [1.807, 2.05) is 12.1 Å². The minimum absolute atomic E-state index is 0.0126. The van der Waals surface area contributed by atoms with Gasteiger partial charge in [0.25, 0.3) is 11.1 Å². The van der Waals surface area contributed by atoms with Crippen molar-refractivity contribution in [2.45, 2.75) is 31.8 Å². The third-order valence-electron chi connectivity index (χ3n) is 4.38. The van der Waals surface area contributed by atoms with E-state index < -0.39 is 11.1 Å². The Morgan fingerprint density at radius 3 is 2.87 bits per heavy atom. The van der Waals surface area contributed by atoms with Crippen LogP contribution in [0.5, 0.6) is 0 Å². The maximum absolute atomic E-state index is 12.5. The number of hydrogen-bond donors (Lipinski definition) is 1. The predicted octanol–water partition coefficient (Wildman–Crippen LogP) is 1.07. The molecular formula is C17H19N3O3. The number of carbonyl (C=O) groups excluding carboxylic acids is 1. The van der Waals surface area contributed by atoms with Gasteiger partial charge in [0.15, 0.2) is 0 Å². The van der Waals surface area contributed by atoms with Crippen molar-refractivity contribution in [1.29, 1.82) is 0 Å². The molecule has 0 radical (unpaired) electrons. The van der Waals surface area contributed by atoms with Crippen molar-refractivity contribution < 1.29 is 4.79 Å².